The normalized spacial score (nSPS) is 16.4. The molecule has 1 fully saturated rings. The van der Waals surface area contributed by atoms with Gasteiger partial charge < -0.3 is 9.67 Å². The molecule has 0 aromatic carbocycles. The van der Waals surface area contributed by atoms with Gasteiger partial charge in [-0.15, -0.1) is 0 Å². The van der Waals surface area contributed by atoms with Crippen molar-refractivity contribution in [1.29, 1.82) is 0 Å². The molecule has 0 unspecified atom stereocenters. The van der Waals surface area contributed by atoms with E-state index in [1.807, 2.05) is 0 Å². The van der Waals surface area contributed by atoms with Crippen molar-refractivity contribution in [3.05, 3.63) is 16.9 Å². The van der Waals surface area contributed by atoms with Gasteiger partial charge in [0.05, 0.1) is 5.02 Å². The Hall–Kier alpha value is -0.720. The predicted molar refractivity (Wildman–Crippen MR) is 57.7 cm³/mol. The van der Waals surface area contributed by atoms with Crippen molar-refractivity contribution < 1.29 is 18.3 Å². The van der Waals surface area contributed by atoms with Crippen LogP contribution in [-0.4, -0.2) is 24.1 Å². The van der Waals surface area contributed by atoms with Crippen molar-refractivity contribution in [1.82, 2.24) is 4.57 Å². The third kappa shape index (κ3) is 1.92. The van der Waals surface area contributed by atoms with Crippen molar-refractivity contribution >= 4 is 37.3 Å². The molecule has 5 nitrogen and oxygen atoms in total. The first-order chi connectivity index (χ1) is 7.32. The lowest BCUT2D eigenvalue weighted by molar-refractivity contribution is 0.0685. The second-order valence-electron chi connectivity index (χ2n) is 3.54. The number of aromatic nitrogens is 1. The Bertz CT molecular complexity index is 559. The van der Waals surface area contributed by atoms with E-state index in [0.717, 1.165) is 12.8 Å². The van der Waals surface area contributed by atoms with Crippen LogP contribution in [0.25, 0.3) is 0 Å². The van der Waals surface area contributed by atoms with Crippen molar-refractivity contribution in [2.24, 2.45) is 0 Å². The molecule has 0 bridgehead atoms. The SMILES string of the molecule is O=C(O)c1c(Cl)c(S(=O)(=O)Cl)cn1C1CC1. The molecule has 0 radical (unpaired) electrons. The Kier molecular flexibility index (Phi) is 2.68. The van der Waals surface area contributed by atoms with Gasteiger partial charge in [0.2, 0.25) is 0 Å². The lowest BCUT2D eigenvalue weighted by atomic mass is 10.4. The zero-order valence-corrected chi connectivity index (χ0v) is 10.2. The van der Waals surface area contributed by atoms with Crippen LogP contribution in [0.5, 0.6) is 0 Å². The van der Waals surface area contributed by atoms with Crippen molar-refractivity contribution in [3.8, 4) is 0 Å². The van der Waals surface area contributed by atoms with E-state index in [1.54, 1.807) is 0 Å². The Labute approximate surface area is 101 Å². The molecule has 1 aromatic rings. The van der Waals surface area contributed by atoms with E-state index in [4.69, 9.17) is 27.4 Å². The molecule has 2 rings (SSSR count). The summed E-state index contributed by atoms with van der Waals surface area (Å²) in [6, 6.07) is 0.00997. The maximum Gasteiger partial charge on any atom is 0.354 e. The average Bonchev–Trinajstić information content (AvgIpc) is 2.87. The van der Waals surface area contributed by atoms with E-state index in [1.165, 1.54) is 10.8 Å². The first-order valence-electron chi connectivity index (χ1n) is 4.40. The number of nitrogens with zero attached hydrogens (tertiary/aromatic N) is 1. The number of hydrogen-bond acceptors (Lipinski definition) is 3. The van der Waals surface area contributed by atoms with Crippen LogP contribution in [0.2, 0.25) is 5.02 Å². The molecule has 8 heteroatoms. The molecular weight excluding hydrogens is 277 g/mol. The number of carboxylic acid groups (broad SMARTS) is 1. The molecule has 0 saturated heterocycles. The van der Waals surface area contributed by atoms with Gasteiger partial charge in [-0.05, 0) is 12.8 Å². The maximum atomic E-state index is 11.2. The van der Waals surface area contributed by atoms with Crippen molar-refractivity contribution in [3.63, 3.8) is 0 Å². The zero-order valence-electron chi connectivity index (χ0n) is 7.85. The molecule has 16 heavy (non-hydrogen) atoms. The summed E-state index contributed by atoms with van der Waals surface area (Å²) in [5.41, 5.74) is -0.219. The lowest BCUT2D eigenvalue weighted by Crippen LogP contribution is -2.06. The third-order valence-corrected chi connectivity index (χ3v) is 4.17. The molecule has 1 saturated carbocycles. The van der Waals surface area contributed by atoms with E-state index in [2.05, 4.69) is 0 Å². The van der Waals surface area contributed by atoms with E-state index in [0.29, 0.717) is 0 Å². The standard InChI is InChI=1S/C8H7Cl2NO4S/c9-6-5(16(10,14)15)3-11(4-1-2-4)7(6)8(12)13/h3-4H,1-2H2,(H,12,13). The van der Waals surface area contributed by atoms with Gasteiger partial charge in [0.1, 0.15) is 10.6 Å². The minimum atomic E-state index is -4.02. The zero-order chi connectivity index (χ0) is 12.1. The van der Waals surface area contributed by atoms with E-state index >= 15 is 0 Å². The van der Waals surface area contributed by atoms with Gasteiger partial charge in [-0.3, -0.25) is 0 Å². The van der Waals surface area contributed by atoms with E-state index < -0.39 is 15.0 Å². The Morgan fingerprint density at radius 1 is 1.50 bits per heavy atom. The van der Waals surface area contributed by atoms with Crippen LogP contribution in [0, 0.1) is 0 Å². The summed E-state index contributed by atoms with van der Waals surface area (Å²) in [5, 5.41) is 8.63. The first kappa shape index (κ1) is 11.8. The Morgan fingerprint density at radius 2 is 2.06 bits per heavy atom. The molecule has 1 N–H and O–H groups in total. The van der Waals surface area contributed by atoms with E-state index in [9.17, 15) is 13.2 Å². The van der Waals surface area contributed by atoms with E-state index in [-0.39, 0.29) is 21.7 Å². The monoisotopic (exact) mass is 283 g/mol. The predicted octanol–water partition coefficient (Wildman–Crippen LogP) is 2.10. The summed E-state index contributed by atoms with van der Waals surface area (Å²) in [6.45, 7) is 0. The quantitative estimate of drug-likeness (QED) is 0.862. The first-order valence-corrected chi connectivity index (χ1v) is 7.09. The molecule has 0 amide bonds. The van der Waals surface area contributed by atoms with Crippen molar-refractivity contribution in [2.75, 3.05) is 0 Å². The minimum Gasteiger partial charge on any atom is -0.477 e. The summed E-state index contributed by atoms with van der Waals surface area (Å²) in [7, 11) is 1.14. The molecule has 0 aliphatic heterocycles. The highest BCUT2D eigenvalue weighted by atomic mass is 35.7. The van der Waals surface area contributed by atoms with Gasteiger partial charge in [-0.2, -0.15) is 0 Å². The third-order valence-electron chi connectivity index (χ3n) is 2.34. The fraction of sp³-hybridized carbons (Fsp3) is 0.375. The summed E-state index contributed by atoms with van der Waals surface area (Å²) in [5.74, 6) is -1.26. The Morgan fingerprint density at radius 3 is 2.44 bits per heavy atom. The summed E-state index contributed by atoms with van der Waals surface area (Å²) < 4.78 is 23.7. The number of halogens is 2. The number of aromatic carboxylic acids is 1. The van der Waals surface area contributed by atoms with Gasteiger partial charge in [-0.25, -0.2) is 13.2 Å². The highest BCUT2D eigenvalue weighted by Gasteiger charge is 2.33. The van der Waals surface area contributed by atoms with Crippen LogP contribution < -0.4 is 0 Å². The number of carbonyl (C=O) groups is 1. The second kappa shape index (κ2) is 3.65. The highest BCUT2D eigenvalue weighted by molar-refractivity contribution is 8.13. The lowest BCUT2D eigenvalue weighted by Gasteiger charge is -2.02. The van der Waals surface area contributed by atoms with Gasteiger partial charge >= 0.3 is 5.97 Å². The summed E-state index contributed by atoms with van der Waals surface area (Å²) in [4.78, 5) is 10.6. The smallest absolute Gasteiger partial charge is 0.354 e. The summed E-state index contributed by atoms with van der Waals surface area (Å²) in [6.07, 6.45) is 2.81. The van der Waals surface area contributed by atoms with Crippen LogP contribution in [0.3, 0.4) is 0 Å². The van der Waals surface area contributed by atoms with Crippen LogP contribution >= 0.6 is 22.3 Å². The number of carboxylic acids is 1. The average molecular weight is 284 g/mol. The highest BCUT2D eigenvalue weighted by Crippen LogP contribution is 2.41. The molecule has 1 aliphatic rings. The molecule has 1 heterocycles. The van der Waals surface area contributed by atoms with Crippen molar-refractivity contribution in [2.45, 2.75) is 23.8 Å². The van der Waals surface area contributed by atoms with Gasteiger partial charge in [0.25, 0.3) is 9.05 Å². The van der Waals surface area contributed by atoms with Gasteiger partial charge in [0, 0.05) is 22.9 Å². The van der Waals surface area contributed by atoms with Crippen LogP contribution in [0.15, 0.2) is 11.1 Å². The topological polar surface area (TPSA) is 76.4 Å². The molecule has 1 aromatic heterocycles. The largest absolute Gasteiger partial charge is 0.477 e. The summed E-state index contributed by atoms with van der Waals surface area (Å²) >= 11 is 5.72. The van der Waals surface area contributed by atoms with Crippen LogP contribution in [0.4, 0.5) is 0 Å². The molecular formula is C8H7Cl2NO4S. The fourth-order valence-electron chi connectivity index (χ4n) is 1.49. The molecule has 0 spiro atoms. The maximum absolute atomic E-state index is 11.2. The van der Waals surface area contributed by atoms with Crippen LogP contribution in [0.1, 0.15) is 29.4 Å². The van der Waals surface area contributed by atoms with Gasteiger partial charge in [-0.1, -0.05) is 11.6 Å². The van der Waals surface area contributed by atoms with Crippen LogP contribution in [-0.2, 0) is 9.05 Å². The Balaban J connectivity index is 2.67. The molecule has 88 valence electrons. The molecule has 1 aliphatic carbocycles. The second-order valence-corrected chi connectivity index (χ2v) is 6.45. The fourth-order valence-corrected chi connectivity index (χ4v) is 3.04. The minimum absolute atomic E-state index is 0.00997. The molecule has 0 atom stereocenters. The van der Waals surface area contributed by atoms with Gasteiger partial charge in [0.15, 0.2) is 0 Å². The number of hydrogen-bond donors (Lipinski definition) is 1. The number of rotatable bonds is 3.